The summed E-state index contributed by atoms with van der Waals surface area (Å²) in [5.41, 5.74) is 5.42. The highest BCUT2D eigenvalue weighted by Gasteiger charge is 2.63. The number of aryl methyl sites for hydroxylation is 1. The van der Waals surface area contributed by atoms with Gasteiger partial charge in [0.05, 0.1) is 11.3 Å². The Morgan fingerprint density at radius 3 is 2.58 bits per heavy atom. The first-order valence-corrected chi connectivity index (χ1v) is 12.6. The third-order valence-corrected chi connectivity index (χ3v) is 7.58. The number of amides is 1. The highest BCUT2D eigenvalue weighted by Crippen LogP contribution is 2.57. The number of alkyl halides is 5. The average Bonchev–Trinajstić information content (AvgIpc) is 3.79. The van der Waals surface area contributed by atoms with Gasteiger partial charge in [-0.3, -0.25) is 4.79 Å². The Morgan fingerprint density at radius 2 is 1.88 bits per heavy atom. The van der Waals surface area contributed by atoms with Gasteiger partial charge in [0.25, 0.3) is 0 Å². The molecule has 0 bridgehead atoms. The lowest BCUT2D eigenvalue weighted by atomic mass is 9.77. The minimum atomic E-state index is -5.70. The van der Waals surface area contributed by atoms with Crippen molar-refractivity contribution >= 4 is 23.2 Å². The zero-order valence-electron chi connectivity index (χ0n) is 20.5. The fraction of sp³-hybridized carbons (Fsp3) is 0.458. The summed E-state index contributed by atoms with van der Waals surface area (Å²) in [5.74, 6) is -4.72. The Labute approximate surface area is 221 Å². The summed E-state index contributed by atoms with van der Waals surface area (Å²) in [6.07, 6.45) is -0.347. The van der Waals surface area contributed by atoms with Crippen molar-refractivity contribution in [2.45, 2.75) is 62.0 Å². The highest BCUT2D eigenvalue weighted by atomic mass is 19.4. The summed E-state index contributed by atoms with van der Waals surface area (Å²) in [6.45, 7) is 0. The molecule has 1 aliphatic heterocycles. The van der Waals surface area contributed by atoms with Gasteiger partial charge in [0.1, 0.15) is 17.3 Å². The van der Waals surface area contributed by atoms with E-state index in [1.807, 2.05) is 0 Å². The molecule has 3 aliphatic rings. The van der Waals surface area contributed by atoms with Crippen LogP contribution in [-0.4, -0.2) is 52.5 Å². The number of anilines is 2. The Bertz CT molecular complexity index is 1670. The molecule has 1 unspecified atom stereocenters. The molecule has 7 rings (SSSR count). The van der Waals surface area contributed by atoms with Crippen LogP contribution in [-0.2, 0) is 16.6 Å². The van der Waals surface area contributed by atoms with Crippen LogP contribution in [0.5, 0.6) is 0 Å². The molecule has 16 heteroatoms. The second kappa shape index (κ2) is 8.14. The Morgan fingerprint density at radius 1 is 1.10 bits per heavy atom. The van der Waals surface area contributed by atoms with E-state index in [0.29, 0.717) is 11.5 Å². The fourth-order valence-electron chi connectivity index (χ4n) is 5.25. The van der Waals surface area contributed by atoms with E-state index in [0.717, 1.165) is 25.7 Å². The van der Waals surface area contributed by atoms with Gasteiger partial charge in [-0.25, -0.2) is 19.9 Å². The summed E-state index contributed by atoms with van der Waals surface area (Å²) in [4.78, 5) is 30.7. The first-order valence-electron chi connectivity index (χ1n) is 12.6. The molecule has 4 aromatic rings. The number of fused-ring (bicyclic) bond motifs is 2. The summed E-state index contributed by atoms with van der Waals surface area (Å²) in [6, 6.07) is 0. The van der Waals surface area contributed by atoms with Gasteiger partial charge in [-0.1, -0.05) is 0 Å². The maximum Gasteiger partial charge on any atom is 0.453 e. The third kappa shape index (κ3) is 3.64. The van der Waals surface area contributed by atoms with Gasteiger partial charge in [-0.15, -0.1) is 10.2 Å². The van der Waals surface area contributed by atoms with E-state index in [2.05, 4.69) is 35.5 Å². The number of hydrogen-bond acceptors (Lipinski definition) is 9. The zero-order chi connectivity index (χ0) is 28.0. The largest absolute Gasteiger partial charge is 0.453 e. The van der Waals surface area contributed by atoms with E-state index in [-0.39, 0.29) is 52.2 Å². The summed E-state index contributed by atoms with van der Waals surface area (Å²) in [7, 11) is 0. The van der Waals surface area contributed by atoms with Crippen molar-refractivity contribution in [3.8, 4) is 11.5 Å². The van der Waals surface area contributed by atoms with Crippen molar-refractivity contribution in [1.29, 1.82) is 0 Å². The van der Waals surface area contributed by atoms with Gasteiger partial charge in [0.15, 0.2) is 16.9 Å². The molecule has 5 heterocycles. The van der Waals surface area contributed by atoms with E-state index in [1.165, 1.54) is 23.0 Å². The number of nitrogens with zero attached hydrogens (tertiary/aromatic N) is 7. The molecule has 1 amide bonds. The second-order valence-electron chi connectivity index (χ2n) is 10.3. The number of rotatable bonds is 7. The lowest BCUT2D eigenvalue weighted by molar-refractivity contribution is -0.284. The molecule has 2 saturated carbocycles. The van der Waals surface area contributed by atoms with Crippen LogP contribution in [0.4, 0.5) is 33.6 Å². The van der Waals surface area contributed by atoms with Gasteiger partial charge in [0, 0.05) is 30.9 Å². The molecular formula is C24H20F5N9O2. The van der Waals surface area contributed by atoms with Crippen LogP contribution in [0.1, 0.15) is 61.1 Å². The van der Waals surface area contributed by atoms with E-state index >= 15 is 0 Å². The smallest absolute Gasteiger partial charge is 0.423 e. The minimum Gasteiger partial charge on any atom is -0.423 e. The minimum absolute atomic E-state index is 0.0392. The molecular weight excluding hydrogens is 541 g/mol. The molecule has 2 fully saturated rings. The topological polar surface area (TPSA) is 150 Å². The van der Waals surface area contributed by atoms with Crippen molar-refractivity contribution in [2.75, 3.05) is 11.1 Å². The molecule has 11 nitrogen and oxygen atoms in total. The first kappa shape index (κ1) is 24.8. The quantitative estimate of drug-likeness (QED) is 0.321. The van der Waals surface area contributed by atoms with Gasteiger partial charge in [-0.2, -0.15) is 22.0 Å². The SMILES string of the molecule is Nc1nc(-c2cn3ccnc3c(CCC(F)(F)C(F)(F)F)n2)nc2c1C(c1nnc(C3CC3)o1)(C1CC1)C(=O)N2. The molecule has 0 radical (unpaired) electrons. The lowest BCUT2D eigenvalue weighted by Crippen LogP contribution is -2.39. The number of nitrogen functional groups attached to an aromatic ring is 1. The summed E-state index contributed by atoms with van der Waals surface area (Å²) >= 11 is 0. The third-order valence-electron chi connectivity index (χ3n) is 7.58. The Kier molecular flexibility index (Phi) is 5.04. The molecule has 3 N–H and O–H groups in total. The van der Waals surface area contributed by atoms with Gasteiger partial charge in [-0.05, 0) is 38.0 Å². The van der Waals surface area contributed by atoms with Gasteiger partial charge >= 0.3 is 12.1 Å². The predicted molar refractivity (Wildman–Crippen MR) is 126 cm³/mol. The van der Waals surface area contributed by atoms with Crippen LogP contribution in [0.15, 0.2) is 23.0 Å². The monoisotopic (exact) mass is 561 g/mol. The maximum atomic E-state index is 13.7. The van der Waals surface area contributed by atoms with E-state index < -0.39 is 36.3 Å². The number of halogens is 5. The lowest BCUT2D eigenvalue weighted by Gasteiger charge is -2.23. The van der Waals surface area contributed by atoms with Crippen molar-refractivity contribution in [3.63, 3.8) is 0 Å². The summed E-state index contributed by atoms with van der Waals surface area (Å²) in [5, 5.41) is 11.1. The molecule has 0 spiro atoms. The van der Waals surface area contributed by atoms with Crippen LogP contribution in [0.25, 0.3) is 17.2 Å². The average molecular weight is 561 g/mol. The first-order chi connectivity index (χ1) is 19.0. The van der Waals surface area contributed by atoms with Crippen LogP contribution in [0.2, 0.25) is 0 Å². The predicted octanol–water partition coefficient (Wildman–Crippen LogP) is 3.81. The standard InChI is InChI=1S/C24H20F5N9O2/c25-22(26,24(27,28)29)6-5-12-18-31-7-8-38(18)9-13(32-12)16-33-15(30)14-17(34-16)35-20(39)23(14,11-3-4-11)21-37-36-19(40-21)10-1-2-10/h7-11H,1-6H2,(H3,30,33,34,35,39). The van der Waals surface area contributed by atoms with E-state index in [1.54, 1.807) is 0 Å². The van der Waals surface area contributed by atoms with Crippen LogP contribution < -0.4 is 11.1 Å². The highest BCUT2D eigenvalue weighted by molar-refractivity contribution is 6.09. The zero-order valence-corrected chi connectivity index (χ0v) is 20.5. The van der Waals surface area contributed by atoms with E-state index in [9.17, 15) is 26.7 Å². The molecule has 0 aromatic carbocycles. The fourth-order valence-corrected chi connectivity index (χ4v) is 5.25. The number of imidazole rings is 1. The second-order valence-corrected chi connectivity index (χ2v) is 10.3. The van der Waals surface area contributed by atoms with Gasteiger partial charge < -0.3 is 19.9 Å². The van der Waals surface area contributed by atoms with Crippen molar-refractivity contribution < 1.29 is 31.2 Å². The number of hydrogen-bond donors (Lipinski definition) is 2. The van der Waals surface area contributed by atoms with Crippen LogP contribution in [0.3, 0.4) is 0 Å². The van der Waals surface area contributed by atoms with Crippen molar-refractivity contribution in [1.82, 2.24) is 34.5 Å². The van der Waals surface area contributed by atoms with Crippen LogP contribution >= 0.6 is 0 Å². The summed E-state index contributed by atoms with van der Waals surface area (Å²) < 4.78 is 73.0. The molecule has 40 heavy (non-hydrogen) atoms. The van der Waals surface area contributed by atoms with E-state index in [4.69, 9.17) is 10.2 Å². The molecule has 0 saturated heterocycles. The molecule has 4 aromatic heterocycles. The molecule has 1 atom stereocenters. The molecule has 208 valence electrons. The maximum absolute atomic E-state index is 13.7. The number of nitrogens with two attached hydrogens (primary N) is 1. The number of nitrogens with one attached hydrogen (secondary N) is 1. The number of carbonyl (C=O) groups is 1. The molecule has 2 aliphatic carbocycles. The van der Waals surface area contributed by atoms with Gasteiger partial charge in [0.2, 0.25) is 17.7 Å². The number of aromatic nitrogens is 7. The Balaban J connectivity index is 1.30. The van der Waals surface area contributed by atoms with Crippen LogP contribution in [0, 0.1) is 5.92 Å². The normalized spacial score (nSPS) is 21.2. The number of carbonyl (C=O) groups excluding carboxylic acids is 1. The van der Waals surface area contributed by atoms with Crippen molar-refractivity contribution in [2.24, 2.45) is 5.92 Å². The van der Waals surface area contributed by atoms with Crippen molar-refractivity contribution in [3.05, 3.63) is 41.6 Å². The Hall–Kier alpha value is -4.24.